The molecule has 0 aliphatic heterocycles. The van der Waals surface area contributed by atoms with E-state index in [-0.39, 0.29) is 10.8 Å². The Balaban J connectivity index is 1.15. The van der Waals surface area contributed by atoms with E-state index in [1.165, 1.54) is 21.9 Å². The molecular formula is C74H64N4. The lowest BCUT2D eigenvalue weighted by Gasteiger charge is -2.34. The summed E-state index contributed by atoms with van der Waals surface area (Å²) >= 11 is 0. The van der Waals surface area contributed by atoms with Crippen molar-refractivity contribution in [3.63, 3.8) is 0 Å². The zero-order valence-corrected chi connectivity index (χ0v) is 45.3. The molecule has 4 nitrogen and oxygen atoms in total. The summed E-state index contributed by atoms with van der Waals surface area (Å²) < 4.78 is 0. The lowest BCUT2D eigenvalue weighted by Crippen LogP contribution is -2.18. The number of anilines is 12. The molecule has 12 rings (SSSR count). The molecule has 78 heavy (non-hydrogen) atoms. The van der Waals surface area contributed by atoms with E-state index in [2.05, 4.69) is 340 Å². The Bertz CT molecular complexity index is 3690. The van der Waals surface area contributed by atoms with Gasteiger partial charge in [0, 0.05) is 66.4 Å². The van der Waals surface area contributed by atoms with Gasteiger partial charge in [0.25, 0.3) is 0 Å². The quantitative estimate of drug-likeness (QED) is 0.121. The van der Waals surface area contributed by atoms with Gasteiger partial charge in [-0.25, -0.2) is 0 Å². The second-order valence-corrected chi connectivity index (χ2v) is 22.2. The van der Waals surface area contributed by atoms with Crippen LogP contribution in [0.4, 0.5) is 68.2 Å². The van der Waals surface area contributed by atoms with Crippen molar-refractivity contribution in [1.29, 1.82) is 0 Å². The van der Waals surface area contributed by atoms with Gasteiger partial charge in [0.05, 0.1) is 34.1 Å². The Morgan fingerprint density at radius 2 is 0.410 bits per heavy atom. The Hall–Kier alpha value is -9.38. The molecule has 4 heteroatoms. The van der Waals surface area contributed by atoms with E-state index in [4.69, 9.17) is 0 Å². The van der Waals surface area contributed by atoms with Crippen LogP contribution >= 0.6 is 0 Å². The fourth-order valence-electron chi connectivity index (χ4n) is 11.1. The molecule has 12 aromatic carbocycles. The molecule has 0 bridgehead atoms. The van der Waals surface area contributed by atoms with Crippen molar-refractivity contribution in [1.82, 2.24) is 0 Å². The van der Waals surface area contributed by atoms with Crippen LogP contribution in [0.15, 0.2) is 279 Å². The number of para-hydroxylation sites is 6. The number of hydrogen-bond acceptors (Lipinski definition) is 4. The molecule has 0 unspecified atom stereocenters. The fourth-order valence-corrected chi connectivity index (χ4v) is 11.1. The molecule has 0 amide bonds. The lowest BCUT2D eigenvalue weighted by atomic mass is 9.81. The third kappa shape index (κ3) is 9.41. The van der Waals surface area contributed by atoms with Crippen LogP contribution in [-0.2, 0) is 10.8 Å². The van der Waals surface area contributed by atoms with Crippen LogP contribution in [0.2, 0.25) is 0 Å². The Morgan fingerprint density at radius 3 is 0.641 bits per heavy atom. The van der Waals surface area contributed by atoms with Crippen molar-refractivity contribution >= 4 is 101 Å². The molecule has 0 fully saturated rings. The lowest BCUT2D eigenvalue weighted by molar-refractivity contribution is 0.589. The summed E-state index contributed by atoms with van der Waals surface area (Å²) in [6, 6.07) is 102. The SMILES string of the molecule is CC(C)(C)c1cc(N(c2ccccc2)c2cccc3c(N(c4ccccc4)c4ccccc4)cccc23)c2cc(C(C)(C)C)cc(N(c3ccccc3)c3cccc4c(N(c5ccccc5)c5ccccc5)cccc34)c2c1. The number of nitrogens with zero attached hydrogens (tertiary/aromatic N) is 4. The van der Waals surface area contributed by atoms with Crippen LogP contribution in [0.25, 0.3) is 32.3 Å². The molecule has 12 aromatic rings. The third-order valence-corrected chi connectivity index (χ3v) is 15.0. The van der Waals surface area contributed by atoms with Crippen molar-refractivity contribution in [2.24, 2.45) is 0 Å². The van der Waals surface area contributed by atoms with E-state index in [9.17, 15) is 0 Å². The highest BCUT2D eigenvalue weighted by atomic mass is 15.2. The topological polar surface area (TPSA) is 13.0 Å². The van der Waals surface area contributed by atoms with E-state index < -0.39 is 0 Å². The number of hydrogen-bond donors (Lipinski definition) is 0. The molecule has 0 aliphatic carbocycles. The summed E-state index contributed by atoms with van der Waals surface area (Å²) in [5.74, 6) is 0. The van der Waals surface area contributed by atoms with Gasteiger partial charge in [-0.05, 0) is 143 Å². The molecule has 0 saturated carbocycles. The van der Waals surface area contributed by atoms with Gasteiger partial charge in [0.1, 0.15) is 0 Å². The zero-order chi connectivity index (χ0) is 53.4. The van der Waals surface area contributed by atoms with Crippen molar-refractivity contribution in [2.75, 3.05) is 19.6 Å². The highest BCUT2D eigenvalue weighted by molar-refractivity contribution is 6.14. The smallest absolute Gasteiger partial charge is 0.0544 e. The fraction of sp³-hybridized carbons (Fsp3) is 0.108. The molecule has 0 saturated heterocycles. The molecular weight excluding hydrogens is 945 g/mol. The van der Waals surface area contributed by atoms with Gasteiger partial charge in [-0.3, -0.25) is 0 Å². The summed E-state index contributed by atoms with van der Waals surface area (Å²) in [7, 11) is 0. The first-order valence-corrected chi connectivity index (χ1v) is 27.2. The van der Waals surface area contributed by atoms with Crippen LogP contribution < -0.4 is 19.6 Å². The van der Waals surface area contributed by atoms with Crippen LogP contribution in [0.3, 0.4) is 0 Å². The summed E-state index contributed by atoms with van der Waals surface area (Å²) in [5, 5.41) is 6.93. The molecule has 0 radical (unpaired) electrons. The van der Waals surface area contributed by atoms with E-state index >= 15 is 0 Å². The van der Waals surface area contributed by atoms with Crippen molar-refractivity contribution in [3.8, 4) is 0 Å². The van der Waals surface area contributed by atoms with Gasteiger partial charge < -0.3 is 19.6 Å². The average Bonchev–Trinajstić information content (AvgIpc) is 3.64. The summed E-state index contributed by atoms with van der Waals surface area (Å²) in [6.07, 6.45) is 0. The first kappa shape index (κ1) is 49.5. The summed E-state index contributed by atoms with van der Waals surface area (Å²) in [6.45, 7) is 14.0. The Kier molecular flexibility index (Phi) is 13.1. The predicted molar refractivity (Wildman–Crippen MR) is 335 cm³/mol. The minimum atomic E-state index is -0.215. The van der Waals surface area contributed by atoms with E-state index in [0.717, 1.165) is 89.8 Å². The van der Waals surface area contributed by atoms with Gasteiger partial charge in [0.2, 0.25) is 0 Å². The Morgan fingerprint density at radius 1 is 0.192 bits per heavy atom. The van der Waals surface area contributed by atoms with Crippen molar-refractivity contribution in [2.45, 2.75) is 52.4 Å². The number of benzene rings is 12. The van der Waals surface area contributed by atoms with E-state index in [0.29, 0.717) is 0 Å². The first-order valence-electron chi connectivity index (χ1n) is 27.2. The average molecular weight is 1010 g/mol. The molecule has 0 spiro atoms. The maximum atomic E-state index is 2.52. The normalized spacial score (nSPS) is 11.7. The maximum absolute atomic E-state index is 2.52. The minimum absolute atomic E-state index is 0.215. The first-order chi connectivity index (χ1) is 38.0. The van der Waals surface area contributed by atoms with Gasteiger partial charge in [-0.1, -0.05) is 199 Å². The Labute approximate surface area is 460 Å². The molecule has 0 atom stereocenters. The second kappa shape index (κ2) is 20.6. The largest absolute Gasteiger partial charge is 0.310 e. The van der Waals surface area contributed by atoms with E-state index in [1.807, 2.05) is 0 Å². The molecule has 380 valence electrons. The monoisotopic (exact) mass is 1010 g/mol. The van der Waals surface area contributed by atoms with Gasteiger partial charge >= 0.3 is 0 Å². The van der Waals surface area contributed by atoms with Crippen molar-refractivity contribution in [3.05, 3.63) is 290 Å². The minimum Gasteiger partial charge on any atom is -0.310 e. The standard InChI is InChI=1S/C74H64N4/c1-73(2,3)53-49-65-66(71(51-53)77(59-37-21-11-22-38-59)69-47-27-41-61-63(69)43-25-45-67(61)75(55-29-13-7-14-30-55)56-31-15-8-16-32-56)50-54(74(4,5)6)52-72(65)78(60-39-23-12-24-40-60)70-48-28-42-62-64(70)44-26-46-68(62)76(57-33-17-9-18-34-57)58-35-19-10-20-36-58/h7-52H,1-6H3. The van der Waals surface area contributed by atoms with Gasteiger partial charge in [0.15, 0.2) is 0 Å². The van der Waals surface area contributed by atoms with Crippen LogP contribution in [-0.4, -0.2) is 0 Å². The zero-order valence-electron chi connectivity index (χ0n) is 45.3. The number of rotatable bonds is 12. The number of fused-ring (bicyclic) bond motifs is 3. The summed E-state index contributed by atoms with van der Waals surface area (Å²) in [4.78, 5) is 9.81. The maximum Gasteiger partial charge on any atom is 0.0544 e. The molecule has 0 aromatic heterocycles. The van der Waals surface area contributed by atoms with Crippen LogP contribution in [0, 0.1) is 0 Å². The van der Waals surface area contributed by atoms with E-state index in [1.54, 1.807) is 0 Å². The van der Waals surface area contributed by atoms with Crippen LogP contribution in [0.1, 0.15) is 52.7 Å². The molecule has 0 N–H and O–H groups in total. The highest BCUT2D eigenvalue weighted by Crippen LogP contribution is 2.52. The van der Waals surface area contributed by atoms with Crippen LogP contribution in [0.5, 0.6) is 0 Å². The van der Waals surface area contributed by atoms with Gasteiger partial charge in [-0.15, -0.1) is 0 Å². The third-order valence-electron chi connectivity index (χ3n) is 15.0. The predicted octanol–water partition coefficient (Wildman–Crippen LogP) is 21.6. The van der Waals surface area contributed by atoms with Crippen molar-refractivity contribution < 1.29 is 0 Å². The second-order valence-electron chi connectivity index (χ2n) is 22.2. The molecule has 0 heterocycles. The molecule has 0 aliphatic rings. The highest BCUT2D eigenvalue weighted by Gasteiger charge is 2.29. The summed E-state index contributed by atoms with van der Waals surface area (Å²) in [5.41, 5.74) is 15.3. The van der Waals surface area contributed by atoms with Gasteiger partial charge in [-0.2, -0.15) is 0 Å².